The summed E-state index contributed by atoms with van der Waals surface area (Å²) >= 11 is 6.15. The van der Waals surface area contributed by atoms with E-state index in [4.69, 9.17) is 11.6 Å². The molecule has 2 heterocycles. The van der Waals surface area contributed by atoms with Crippen LogP contribution in [-0.4, -0.2) is 49.8 Å². The number of sulfonamides is 1. The van der Waals surface area contributed by atoms with Crippen LogP contribution < -0.4 is 10.2 Å². The fourth-order valence-corrected chi connectivity index (χ4v) is 5.35. The molecular formula is C20H25ClN4O3S. The van der Waals surface area contributed by atoms with Crippen molar-refractivity contribution in [1.29, 1.82) is 0 Å². The Bertz CT molecular complexity index is 987. The van der Waals surface area contributed by atoms with Crippen molar-refractivity contribution in [2.24, 2.45) is 0 Å². The van der Waals surface area contributed by atoms with Crippen LogP contribution in [0, 0.1) is 0 Å². The quantitative estimate of drug-likeness (QED) is 0.716. The number of halogens is 1. The number of hydrogen-bond acceptors (Lipinski definition) is 5. The molecule has 0 aliphatic carbocycles. The van der Waals surface area contributed by atoms with Crippen LogP contribution in [-0.2, 0) is 10.0 Å². The largest absolute Gasteiger partial charge is 0.371 e. The van der Waals surface area contributed by atoms with Gasteiger partial charge in [-0.3, -0.25) is 9.78 Å². The predicted molar refractivity (Wildman–Crippen MR) is 115 cm³/mol. The van der Waals surface area contributed by atoms with E-state index in [1.807, 2.05) is 6.07 Å². The van der Waals surface area contributed by atoms with Crippen LogP contribution in [0.5, 0.6) is 0 Å². The third-order valence-corrected chi connectivity index (χ3v) is 7.49. The maximum atomic E-state index is 12.8. The molecule has 0 unspecified atom stereocenters. The number of aromatic nitrogens is 1. The lowest BCUT2D eigenvalue weighted by molar-refractivity contribution is 0.102. The van der Waals surface area contributed by atoms with Gasteiger partial charge in [0.1, 0.15) is 10.6 Å². The standard InChI is InChI=1S/C20H25ClN4O3S/c1-3-25(4-2)29(27,28)19-13-15(7-8-17(19)21)23-20(26)18-14-16(9-10-22-18)24-11-5-6-12-24/h7-10,13-14H,3-6,11-12H2,1-2H3,(H,23,26). The second-order valence-corrected chi connectivity index (χ2v) is 9.10. The Hall–Kier alpha value is -2.16. The fraction of sp³-hybridized carbons (Fsp3) is 0.400. The van der Waals surface area contributed by atoms with Gasteiger partial charge in [-0.15, -0.1) is 0 Å². The first kappa shape index (κ1) is 21.5. The smallest absolute Gasteiger partial charge is 0.274 e. The number of benzene rings is 1. The highest BCUT2D eigenvalue weighted by Crippen LogP contribution is 2.28. The van der Waals surface area contributed by atoms with Crippen LogP contribution in [0.25, 0.3) is 0 Å². The van der Waals surface area contributed by atoms with Crippen LogP contribution in [0.3, 0.4) is 0 Å². The summed E-state index contributed by atoms with van der Waals surface area (Å²) in [6, 6.07) is 8.08. The third-order valence-electron chi connectivity index (χ3n) is 4.96. The van der Waals surface area contributed by atoms with Gasteiger partial charge in [-0.05, 0) is 43.2 Å². The molecule has 1 aliphatic heterocycles. The van der Waals surface area contributed by atoms with Crippen molar-refractivity contribution in [1.82, 2.24) is 9.29 Å². The van der Waals surface area contributed by atoms with E-state index < -0.39 is 15.9 Å². The summed E-state index contributed by atoms with van der Waals surface area (Å²) in [7, 11) is -3.74. The first-order valence-electron chi connectivity index (χ1n) is 9.69. The van der Waals surface area contributed by atoms with Gasteiger partial charge in [0.2, 0.25) is 10.0 Å². The monoisotopic (exact) mass is 436 g/mol. The van der Waals surface area contributed by atoms with Gasteiger partial charge in [0, 0.05) is 43.8 Å². The lowest BCUT2D eigenvalue weighted by atomic mass is 10.2. The van der Waals surface area contributed by atoms with E-state index in [0.29, 0.717) is 18.8 Å². The van der Waals surface area contributed by atoms with E-state index in [2.05, 4.69) is 15.2 Å². The zero-order valence-electron chi connectivity index (χ0n) is 16.6. The number of carbonyl (C=O) groups excluding carboxylic acids is 1. The molecule has 1 N–H and O–H groups in total. The van der Waals surface area contributed by atoms with Crippen LogP contribution in [0.1, 0.15) is 37.2 Å². The summed E-state index contributed by atoms with van der Waals surface area (Å²) in [5, 5.41) is 2.84. The van der Waals surface area contributed by atoms with Gasteiger partial charge >= 0.3 is 0 Å². The molecule has 2 aromatic rings. The Balaban J connectivity index is 1.84. The van der Waals surface area contributed by atoms with Gasteiger partial charge in [0.15, 0.2) is 0 Å². The molecule has 0 atom stereocenters. The topological polar surface area (TPSA) is 82.6 Å². The molecule has 1 aliphatic rings. The van der Waals surface area contributed by atoms with E-state index in [-0.39, 0.29) is 15.6 Å². The van der Waals surface area contributed by atoms with E-state index in [1.165, 1.54) is 16.4 Å². The SMILES string of the molecule is CCN(CC)S(=O)(=O)c1cc(NC(=O)c2cc(N3CCCC3)ccn2)ccc1Cl. The van der Waals surface area contributed by atoms with E-state index in [0.717, 1.165) is 31.6 Å². The average Bonchev–Trinajstić information content (AvgIpc) is 3.25. The number of rotatable bonds is 7. The highest BCUT2D eigenvalue weighted by atomic mass is 35.5. The zero-order valence-corrected chi connectivity index (χ0v) is 18.1. The summed E-state index contributed by atoms with van der Waals surface area (Å²) in [6.45, 7) is 6.13. The molecule has 0 saturated carbocycles. The summed E-state index contributed by atoms with van der Waals surface area (Å²) < 4.78 is 27.0. The third kappa shape index (κ3) is 4.71. The number of carbonyl (C=O) groups is 1. The Kier molecular flexibility index (Phi) is 6.77. The number of nitrogens with one attached hydrogen (secondary N) is 1. The number of hydrogen-bond donors (Lipinski definition) is 1. The molecule has 1 saturated heterocycles. The second kappa shape index (κ2) is 9.11. The van der Waals surface area contributed by atoms with Crippen molar-refractivity contribution in [3.63, 3.8) is 0 Å². The van der Waals surface area contributed by atoms with Crippen molar-refractivity contribution in [2.45, 2.75) is 31.6 Å². The molecule has 0 bridgehead atoms. The van der Waals surface area contributed by atoms with Gasteiger partial charge in [-0.1, -0.05) is 25.4 Å². The first-order valence-corrected chi connectivity index (χ1v) is 11.5. The number of nitrogens with zero attached hydrogens (tertiary/aromatic N) is 3. The first-order chi connectivity index (χ1) is 13.9. The number of pyridine rings is 1. The average molecular weight is 437 g/mol. The summed E-state index contributed by atoms with van der Waals surface area (Å²) in [5.41, 5.74) is 1.58. The molecular weight excluding hydrogens is 412 g/mol. The Morgan fingerprint density at radius 3 is 2.52 bits per heavy atom. The van der Waals surface area contributed by atoms with Crippen LogP contribution in [0.15, 0.2) is 41.4 Å². The second-order valence-electron chi connectivity index (χ2n) is 6.78. The lowest BCUT2D eigenvalue weighted by Crippen LogP contribution is -2.30. The molecule has 29 heavy (non-hydrogen) atoms. The molecule has 9 heteroatoms. The Morgan fingerprint density at radius 2 is 1.86 bits per heavy atom. The van der Waals surface area contributed by atoms with E-state index in [9.17, 15) is 13.2 Å². The van der Waals surface area contributed by atoms with Crippen molar-refractivity contribution < 1.29 is 13.2 Å². The summed E-state index contributed by atoms with van der Waals surface area (Å²) in [5.74, 6) is -0.403. The molecule has 1 amide bonds. The predicted octanol–water partition coefficient (Wildman–Crippen LogP) is 3.62. The van der Waals surface area contributed by atoms with E-state index >= 15 is 0 Å². The Labute approximate surface area is 176 Å². The molecule has 7 nitrogen and oxygen atoms in total. The number of anilines is 2. The van der Waals surface area contributed by atoms with Crippen molar-refractivity contribution in [3.05, 3.63) is 47.2 Å². The Morgan fingerprint density at radius 1 is 1.17 bits per heavy atom. The molecule has 3 rings (SSSR count). The van der Waals surface area contributed by atoms with Gasteiger partial charge in [-0.25, -0.2) is 8.42 Å². The highest BCUT2D eigenvalue weighted by Gasteiger charge is 2.25. The highest BCUT2D eigenvalue weighted by molar-refractivity contribution is 7.89. The minimum atomic E-state index is -3.74. The van der Waals surface area contributed by atoms with Crippen LogP contribution >= 0.6 is 11.6 Å². The maximum absolute atomic E-state index is 12.8. The molecule has 1 fully saturated rings. The van der Waals surface area contributed by atoms with Gasteiger partial charge in [0.05, 0.1) is 5.02 Å². The zero-order chi connectivity index (χ0) is 21.0. The van der Waals surface area contributed by atoms with E-state index in [1.54, 1.807) is 32.2 Å². The molecule has 156 valence electrons. The normalized spacial score (nSPS) is 14.4. The molecule has 0 spiro atoms. The van der Waals surface area contributed by atoms with Crippen LogP contribution in [0.2, 0.25) is 5.02 Å². The fourth-order valence-electron chi connectivity index (χ4n) is 3.39. The summed E-state index contributed by atoms with van der Waals surface area (Å²) in [6.07, 6.45) is 3.89. The van der Waals surface area contributed by atoms with Crippen LogP contribution in [0.4, 0.5) is 11.4 Å². The van der Waals surface area contributed by atoms with Gasteiger partial charge < -0.3 is 10.2 Å². The minimum Gasteiger partial charge on any atom is -0.371 e. The number of amides is 1. The molecule has 0 radical (unpaired) electrons. The van der Waals surface area contributed by atoms with Crippen molar-refractivity contribution >= 4 is 38.9 Å². The van der Waals surface area contributed by atoms with Crippen molar-refractivity contribution in [3.8, 4) is 0 Å². The van der Waals surface area contributed by atoms with Gasteiger partial charge in [0.25, 0.3) is 5.91 Å². The molecule has 1 aromatic carbocycles. The minimum absolute atomic E-state index is 0.0283. The maximum Gasteiger partial charge on any atom is 0.274 e. The molecule has 1 aromatic heterocycles. The lowest BCUT2D eigenvalue weighted by Gasteiger charge is -2.20. The van der Waals surface area contributed by atoms with Gasteiger partial charge in [-0.2, -0.15) is 4.31 Å². The summed E-state index contributed by atoms with van der Waals surface area (Å²) in [4.78, 5) is 19.0. The van der Waals surface area contributed by atoms with Crippen molar-refractivity contribution in [2.75, 3.05) is 36.4 Å².